The minimum Gasteiger partial charge on any atom is -0.325 e. The van der Waals surface area contributed by atoms with E-state index in [9.17, 15) is 0 Å². The standard InChI is InChI=1S/C16H12ClN5/c1-10-12(17)6-4-8-13(10)19-16-20-14-7-3-2-5-11(14)15-21-18-9-22(15)16/h2-9H,1H3,(H,19,20). The molecule has 6 heteroatoms. The minimum absolute atomic E-state index is 0.657. The first-order valence-electron chi connectivity index (χ1n) is 6.84. The van der Waals surface area contributed by atoms with Crippen molar-refractivity contribution in [3.63, 3.8) is 0 Å². The molecule has 4 rings (SSSR count). The summed E-state index contributed by atoms with van der Waals surface area (Å²) in [7, 11) is 0. The van der Waals surface area contributed by atoms with E-state index in [4.69, 9.17) is 11.6 Å². The van der Waals surface area contributed by atoms with Gasteiger partial charge in [0.1, 0.15) is 6.33 Å². The lowest BCUT2D eigenvalue weighted by molar-refractivity contribution is 1.08. The summed E-state index contributed by atoms with van der Waals surface area (Å²) in [6.45, 7) is 1.97. The van der Waals surface area contributed by atoms with Gasteiger partial charge in [-0.3, -0.25) is 4.40 Å². The first kappa shape index (κ1) is 13.0. The number of anilines is 2. The van der Waals surface area contributed by atoms with Crippen molar-refractivity contribution in [3.8, 4) is 0 Å². The summed E-state index contributed by atoms with van der Waals surface area (Å²) in [5, 5.41) is 13.2. The van der Waals surface area contributed by atoms with Crippen molar-refractivity contribution < 1.29 is 0 Å². The summed E-state index contributed by atoms with van der Waals surface area (Å²) in [6.07, 6.45) is 1.65. The number of fused-ring (bicyclic) bond motifs is 3. The van der Waals surface area contributed by atoms with Crippen LogP contribution in [-0.4, -0.2) is 19.6 Å². The van der Waals surface area contributed by atoms with Gasteiger partial charge >= 0.3 is 0 Å². The quantitative estimate of drug-likeness (QED) is 0.608. The van der Waals surface area contributed by atoms with Gasteiger partial charge in [-0.2, -0.15) is 0 Å². The normalized spacial score (nSPS) is 11.2. The van der Waals surface area contributed by atoms with E-state index in [0.29, 0.717) is 11.0 Å². The molecule has 0 amide bonds. The molecule has 108 valence electrons. The van der Waals surface area contributed by atoms with Gasteiger partial charge in [0, 0.05) is 16.1 Å². The van der Waals surface area contributed by atoms with Crippen molar-refractivity contribution >= 4 is 39.8 Å². The minimum atomic E-state index is 0.657. The Hall–Kier alpha value is -2.66. The number of rotatable bonds is 2. The zero-order valence-electron chi connectivity index (χ0n) is 11.8. The van der Waals surface area contributed by atoms with Crippen molar-refractivity contribution in [3.05, 3.63) is 59.4 Å². The molecule has 0 unspecified atom stereocenters. The van der Waals surface area contributed by atoms with E-state index in [-0.39, 0.29) is 0 Å². The molecule has 2 aromatic carbocycles. The van der Waals surface area contributed by atoms with Crippen molar-refractivity contribution in [1.29, 1.82) is 0 Å². The third-order valence-electron chi connectivity index (χ3n) is 3.66. The first-order valence-corrected chi connectivity index (χ1v) is 7.22. The maximum Gasteiger partial charge on any atom is 0.215 e. The number of para-hydroxylation sites is 1. The Kier molecular flexibility index (Phi) is 2.94. The Bertz CT molecular complexity index is 992. The monoisotopic (exact) mass is 309 g/mol. The number of nitrogens with zero attached hydrogens (tertiary/aromatic N) is 4. The Balaban J connectivity index is 1.93. The second-order valence-corrected chi connectivity index (χ2v) is 5.42. The number of aromatic nitrogens is 4. The lowest BCUT2D eigenvalue weighted by atomic mass is 10.2. The first-order chi connectivity index (χ1) is 10.7. The van der Waals surface area contributed by atoms with Crippen LogP contribution in [0.15, 0.2) is 48.8 Å². The summed E-state index contributed by atoms with van der Waals surface area (Å²) in [5.41, 5.74) is 3.52. The molecule has 5 nitrogen and oxygen atoms in total. The van der Waals surface area contributed by atoms with Crippen molar-refractivity contribution in [2.75, 3.05) is 5.32 Å². The molecule has 0 aliphatic heterocycles. The molecule has 2 heterocycles. The highest BCUT2D eigenvalue weighted by Crippen LogP contribution is 2.27. The molecule has 0 atom stereocenters. The van der Waals surface area contributed by atoms with Gasteiger partial charge in [-0.05, 0) is 36.8 Å². The van der Waals surface area contributed by atoms with E-state index < -0.39 is 0 Å². The largest absolute Gasteiger partial charge is 0.325 e. The summed E-state index contributed by atoms with van der Waals surface area (Å²) in [5.74, 6) is 0.657. The summed E-state index contributed by atoms with van der Waals surface area (Å²) in [6, 6.07) is 13.6. The van der Waals surface area contributed by atoms with Crippen LogP contribution >= 0.6 is 11.6 Å². The lowest BCUT2D eigenvalue weighted by Gasteiger charge is -2.12. The second kappa shape index (κ2) is 4.96. The fourth-order valence-corrected chi connectivity index (χ4v) is 2.63. The van der Waals surface area contributed by atoms with Crippen molar-refractivity contribution in [2.24, 2.45) is 0 Å². The maximum absolute atomic E-state index is 6.18. The molecule has 0 spiro atoms. The van der Waals surface area contributed by atoms with Gasteiger partial charge in [0.05, 0.1) is 5.52 Å². The van der Waals surface area contributed by atoms with Crippen LogP contribution in [0.5, 0.6) is 0 Å². The molecule has 0 aliphatic rings. The zero-order chi connectivity index (χ0) is 15.1. The average Bonchev–Trinajstić information content (AvgIpc) is 3.02. The molecule has 22 heavy (non-hydrogen) atoms. The predicted octanol–water partition coefficient (Wildman–Crippen LogP) is 3.98. The van der Waals surface area contributed by atoms with Gasteiger partial charge in [0.2, 0.25) is 5.95 Å². The van der Waals surface area contributed by atoms with Crippen LogP contribution in [0.3, 0.4) is 0 Å². The molecule has 0 saturated heterocycles. The van der Waals surface area contributed by atoms with Crippen LogP contribution in [-0.2, 0) is 0 Å². The summed E-state index contributed by atoms with van der Waals surface area (Å²) in [4.78, 5) is 4.67. The highest BCUT2D eigenvalue weighted by Gasteiger charge is 2.11. The van der Waals surface area contributed by atoms with Crippen molar-refractivity contribution in [1.82, 2.24) is 19.6 Å². The highest BCUT2D eigenvalue weighted by molar-refractivity contribution is 6.31. The fraction of sp³-hybridized carbons (Fsp3) is 0.0625. The summed E-state index contributed by atoms with van der Waals surface area (Å²) >= 11 is 6.18. The Morgan fingerprint density at radius 3 is 2.86 bits per heavy atom. The van der Waals surface area contributed by atoms with Gasteiger partial charge in [-0.15, -0.1) is 10.2 Å². The van der Waals surface area contributed by atoms with Crippen LogP contribution in [0.4, 0.5) is 11.6 Å². The number of benzene rings is 2. The van der Waals surface area contributed by atoms with Crippen LogP contribution in [0.1, 0.15) is 5.56 Å². The van der Waals surface area contributed by atoms with Crippen LogP contribution in [0, 0.1) is 6.92 Å². The Morgan fingerprint density at radius 1 is 1.09 bits per heavy atom. The predicted molar refractivity (Wildman–Crippen MR) is 87.8 cm³/mol. The van der Waals surface area contributed by atoms with E-state index in [1.165, 1.54) is 0 Å². The molecular formula is C16H12ClN5. The topological polar surface area (TPSA) is 55.1 Å². The van der Waals surface area contributed by atoms with Crippen LogP contribution < -0.4 is 5.32 Å². The molecular weight excluding hydrogens is 298 g/mol. The van der Waals surface area contributed by atoms with E-state index in [2.05, 4.69) is 20.5 Å². The van der Waals surface area contributed by atoms with Crippen LogP contribution in [0.25, 0.3) is 16.6 Å². The smallest absolute Gasteiger partial charge is 0.215 e. The van der Waals surface area contributed by atoms with Crippen molar-refractivity contribution in [2.45, 2.75) is 6.92 Å². The molecule has 0 aliphatic carbocycles. The molecule has 0 fully saturated rings. The number of nitrogens with one attached hydrogen (secondary N) is 1. The van der Waals surface area contributed by atoms with Crippen LogP contribution in [0.2, 0.25) is 5.02 Å². The highest BCUT2D eigenvalue weighted by atomic mass is 35.5. The van der Waals surface area contributed by atoms with Gasteiger partial charge in [-0.25, -0.2) is 4.98 Å². The van der Waals surface area contributed by atoms with E-state index in [0.717, 1.165) is 27.8 Å². The zero-order valence-corrected chi connectivity index (χ0v) is 12.5. The van der Waals surface area contributed by atoms with Gasteiger partial charge in [0.15, 0.2) is 5.65 Å². The average molecular weight is 310 g/mol. The van der Waals surface area contributed by atoms with E-state index >= 15 is 0 Å². The SMILES string of the molecule is Cc1c(Cl)cccc1Nc1nc2ccccc2c2nncn12. The van der Waals surface area contributed by atoms with Gasteiger partial charge in [-0.1, -0.05) is 29.8 Å². The Labute approximate surface area is 131 Å². The fourth-order valence-electron chi connectivity index (χ4n) is 2.45. The molecule has 4 aromatic rings. The Morgan fingerprint density at radius 2 is 1.95 bits per heavy atom. The third kappa shape index (κ3) is 1.98. The lowest BCUT2D eigenvalue weighted by Crippen LogP contribution is -2.03. The molecule has 0 radical (unpaired) electrons. The maximum atomic E-state index is 6.18. The number of hydrogen-bond acceptors (Lipinski definition) is 4. The third-order valence-corrected chi connectivity index (χ3v) is 4.07. The van der Waals surface area contributed by atoms with E-state index in [1.54, 1.807) is 6.33 Å². The summed E-state index contributed by atoms with van der Waals surface area (Å²) < 4.78 is 1.84. The van der Waals surface area contributed by atoms with Gasteiger partial charge < -0.3 is 5.32 Å². The molecule has 2 aromatic heterocycles. The van der Waals surface area contributed by atoms with Gasteiger partial charge in [0.25, 0.3) is 0 Å². The second-order valence-electron chi connectivity index (χ2n) is 5.01. The number of halogens is 1. The molecule has 1 N–H and O–H groups in total. The van der Waals surface area contributed by atoms with E-state index in [1.807, 2.05) is 53.8 Å². The molecule has 0 saturated carbocycles. The molecule has 0 bridgehead atoms. The number of hydrogen-bond donors (Lipinski definition) is 1.